The van der Waals surface area contributed by atoms with Crippen molar-refractivity contribution in [2.75, 3.05) is 22.4 Å². The van der Waals surface area contributed by atoms with E-state index in [2.05, 4.69) is 5.32 Å². The normalized spacial score (nSPS) is 11.4. The number of hydrogen-bond acceptors (Lipinski definition) is 3. The number of sulfonamides is 1. The van der Waals surface area contributed by atoms with Crippen LogP contribution in [0.2, 0.25) is 0 Å². The van der Waals surface area contributed by atoms with E-state index >= 15 is 0 Å². The Morgan fingerprint density at radius 3 is 2.35 bits per heavy atom. The molecule has 0 aliphatic heterocycles. The second kappa shape index (κ2) is 8.31. The van der Waals surface area contributed by atoms with Gasteiger partial charge in [0.2, 0.25) is 15.9 Å². The van der Waals surface area contributed by atoms with Crippen molar-refractivity contribution in [1.29, 1.82) is 0 Å². The molecule has 7 heteroatoms. The van der Waals surface area contributed by atoms with E-state index in [0.29, 0.717) is 5.69 Å². The number of hydrogen-bond donors (Lipinski definition) is 1. The minimum absolute atomic E-state index is 0.0645. The van der Waals surface area contributed by atoms with Gasteiger partial charge in [-0.2, -0.15) is 0 Å². The monoisotopic (exact) mass is 378 g/mol. The van der Waals surface area contributed by atoms with Crippen LogP contribution in [0.25, 0.3) is 0 Å². The molecule has 0 bridgehead atoms. The third-order valence-electron chi connectivity index (χ3n) is 3.92. The SMILES string of the molecule is CC(C)c1ccccc1NC(=O)CCN(c1ccccc1F)S(C)(=O)=O. The third-order valence-corrected chi connectivity index (χ3v) is 5.10. The fourth-order valence-electron chi connectivity index (χ4n) is 2.65. The second-order valence-electron chi connectivity index (χ2n) is 6.33. The van der Waals surface area contributed by atoms with Gasteiger partial charge in [0.05, 0.1) is 11.9 Å². The first-order chi connectivity index (χ1) is 12.2. The average molecular weight is 378 g/mol. The summed E-state index contributed by atoms with van der Waals surface area (Å²) in [4.78, 5) is 12.3. The van der Waals surface area contributed by atoms with Crippen molar-refractivity contribution >= 4 is 27.3 Å². The molecular weight excluding hydrogens is 355 g/mol. The van der Waals surface area contributed by atoms with Gasteiger partial charge in [-0.1, -0.05) is 44.2 Å². The number of halogens is 1. The Morgan fingerprint density at radius 1 is 1.12 bits per heavy atom. The minimum atomic E-state index is -3.72. The van der Waals surface area contributed by atoms with Crippen molar-refractivity contribution in [2.24, 2.45) is 0 Å². The van der Waals surface area contributed by atoms with Crippen LogP contribution in [-0.4, -0.2) is 27.1 Å². The average Bonchev–Trinajstić information content (AvgIpc) is 2.55. The van der Waals surface area contributed by atoms with Gasteiger partial charge in [-0.25, -0.2) is 12.8 Å². The number of carbonyl (C=O) groups is 1. The molecule has 0 saturated heterocycles. The fourth-order valence-corrected chi connectivity index (χ4v) is 3.58. The molecule has 0 aromatic heterocycles. The summed E-state index contributed by atoms with van der Waals surface area (Å²) in [5.74, 6) is -0.746. The summed E-state index contributed by atoms with van der Waals surface area (Å²) in [6.07, 6.45) is 0.902. The number of carbonyl (C=O) groups excluding carboxylic acids is 1. The smallest absolute Gasteiger partial charge is 0.232 e. The first-order valence-electron chi connectivity index (χ1n) is 8.31. The molecule has 0 spiro atoms. The molecule has 0 aliphatic carbocycles. The van der Waals surface area contributed by atoms with Gasteiger partial charge in [0.15, 0.2) is 0 Å². The van der Waals surface area contributed by atoms with Crippen LogP contribution in [0.1, 0.15) is 31.7 Å². The van der Waals surface area contributed by atoms with E-state index in [0.717, 1.165) is 16.1 Å². The topological polar surface area (TPSA) is 66.5 Å². The predicted molar refractivity (Wildman–Crippen MR) is 102 cm³/mol. The molecule has 0 unspecified atom stereocenters. The highest BCUT2D eigenvalue weighted by Gasteiger charge is 2.21. The summed E-state index contributed by atoms with van der Waals surface area (Å²) in [6, 6.07) is 13.1. The summed E-state index contributed by atoms with van der Waals surface area (Å²) in [5.41, 5.74) is 1.63. The molecule has 0 saturated carbocycles. The number of benzene rings is 2. The Kier molecular flexibility index (Phi) is 6.37. The number of amides is 1. The van der Waals surface area contributed by atoms with Gasteiger partial charge < -0.3 is 5.32 Å². The maximum Gasteiger partial charge on any atom is 0.232 e. The van der Waals surface area contributed by atoms with Crippen molar-refractivity contribution < 1.29 is 17.6 Å². The van der Waals surface area contributed by atoms with E-state index in [1.54, 1.807) is 12.1 Å². The van der Waals surface area contributed by atoms with Crippen molar-refractivity contribution in [2.45, 2.75) is 26.2 Å². The number of rotatable bonds is 7. The molecule has 0 fully saturated rings. The fraction of sp³-hybridized carbons (Fsp3) is 0.316. The van der Waals surface area contributed by atoms with Crippen molar-refractivity contribution in [3.8, 4) is 0 Å². The number of nitrogens with zero attached hydrogens (tertiary/aromatic N) is 1. The van der Waals surface area contributed by atoms with Crippen LogP contribution in [0.4, 0.5) is 15.8 Å². The highest BCUT2D eigenvalue weighted by atomic mass is 32.2. The summed E-state index contributed by atoms with van der Waals surface area (Å²) in [5, 5.41) is 2.81. The van der Waals surface area contributed by atoms with Crippen molar-refractivity contribution in [1.82, 2.24) is 0 Å². The zero-order valence-corrected chi connectivity index (χ0v) is 15.9. The van der Waals surface area contributed by atoms with Gasteiger partial charge in [-0.15, -0.1) is 0 Å². The quantitative estimate of drug-likeness (QED) is 0.798. The lowest BCUT2D eigenvalue weighted by molar-refractivity contribution is -0.116. The zero-order valence-electron chi connectivity index (χ0n) is 15.1. The van der Waals surface area contributed by atoms with Crippen LogP contribution < -0.4 is 9.62 Å². The van der Waals surface area contributed by atoms with Crippen LogP contribution in [-0.2, 0) is 14.8 Å². The Balaban J connectivity index is 2.13. The lowest BCUT2D eigenvalue weighted by Gasteiger charge is -2.22. The summed E-state index contributed by atoms with van der Waals surface area (Å²) in [6.45, 7) is 3.90. The van der Waals surface area contributed by atoms with Gasteiger partial charge in [0.1, 0.15) is 5.82 Å². The van der Waals surface area contributed by atoms with Crippen LogP contribution in [0.15, 0.2) is 48.5 Å². The van der Waals surface area contributed by atoms with E-state index in [1.807, 2.05) is 32.0 Å². The summed E-state index contributed by atoms with van der Waals surface area (Å²) in [7, 11) is -3.72. The number of para-hydroxylation sites is 2. The number of anilines is 2. The summed E-state index contributed by atoms with van der Waals surface area (Å²) >= 11 is 0. The minimum Gasteiger partial charge on any atom is -0.326 e. The van der Waals surface area contributed by atoms with E-state index in [1.165, 1.54) is 18.2 Å². The highest BCUT2D eigenvalue weighted by Crippen LogP contribution is 2.24. The molecule has 2 rings (SSSR count). The lowest BCUT2D eigenvalue weighted by atomic mass is 10.0. The van der Waals surface area contributed by atoms with E-state index in [9.17, 15) is 17.6 Å². The third kappa shape index (κ3) is 5.05. The van der Waals surface area contributed by atoms with E-state index in [-0.39, 0.29) is 30.5 Å². The Bertz CT molecular complexity index is 882. The Labute approximate surface area is 153 Å². The Hall–Kier alpha value is -2.41. The van der Waals surface area contributed by atoms with E-state index in [4.69, 9.17) is 0 Å². The zero-order chi connectivity index (χ0) is 19.3. The summed E-state index contributed by atoms with van der Waals surface area (Å²) < 4.78 is 38.9. The van der Waals surface area contributed by atoms with Crippen LogP contribution in [0, 0.1) is 5.82 Å². The predicted octanol–water partition coefficient (Wildman–Crippen LogP) is 3.74. The first kappa shape index (κ1) is 19.9. The molecule has 5 nitrogen and oxygen atoms in total. The van der Waals surface area contributed by atoms with Crippen LogP contribution >= 0.6 is 0 Å². The maximum absolute atomic E-state index is 14.0. The molecule has 1 N–H and O–H groups in total. The molecular formula is C19H23FN2O3S. The maximum atomic E-state index is 14.0. The molecule has 0 atom stereocenters. The molecule has 0 radical (unpaired) electrons. The van der Waals surface area contributed by atoms with E-state index < -0.39 is 15.8 Å². The van der Waals surface area contributed by atoms with Crippen LogP contribution in [0.3, 0.4) is 0 Å². The van der Waals surface area contributed by atoms with Gasteiger partial charge in [0, 0.05) is 18.7 Å². The highest BCUT2D eigenvalue weighted by molar-refractivity contribution is 7.92. The standard InChI is InChI=1S/C19H23FN2O3S/c1-14(2)15-8-4-6-10-17(15)21-19(23)12-13-22(26(3,24)25)18-11-7-5-9-16(18)20/h4-11,14H,12-13H2,1-3H3,(H,21,23). The Morgan fingerprint density at radius 2 is 1.73 bits per heavy atom. The molecule has 2 aromatic rings. The van der Waals surface area contributed by atoms with Gasteiger partial charge in [0.25, 0.3) is 0 Å². The van der Waals surface area contributed by atoms with Gasteiger partial charge in [-0.05, 0) is 29.7 Å². The van der Waals surface area contributed by atoms with Crippen molar-refractivity contribution in [3.05, 3.63) is 59.9 Å². The van der Waals surface area contributed by atoms with Gasteiger partial charge in [-0.3, -0.25) is 9.10 Å². The molecule has 140 valence electrons. The largest absolute Gasteiger partial charge is 0.326 e. The molecule has 2 aromatic carbocycles. The number of nitrogens with one attached hydrogen (secondary N) is 1. The van der Waals surface area contributed by atoms with Crippen LogP contribution in [0.5, 0.6) is 0 Å². The second-order valence-corrected chi connectivity index (χ2v) is 8.23. The molecule has 26 heavy (non-hydrogen) atoms. The molecule has 0 aliphatic rings. The molecule has 0 heterocycles. The van der Waals surface area contributed by atoms with Gasteiger partial charge >= 0.3 is 0 Å². The first-order valence-corrected chi connectivity index (χ1v) is 10.2. The van der Waals surface area contributed by atoms with Crippen molar-refractivity contribution in [3.63, 3.8) is 0 Å². The molecule has 1 amide bonds. The lowest BCUT2D eigenvalue weighted by Crippen LogP contribution is -2.33.